The molecule has 0 radical (unpaired) electrons. The highest BCUT2D eigenvalue weighted by atomic mass is 14.6. The monoisotopic (exact) mass is 280 g/mol. The Labute approximate surface area is 128 Å². The fourth-order valence-corrected chi connectivity index (χ4v) is 2.24. The van der Waals surface area contributed by atoms with Gasteiger partial charge in [-0.15, -0.1) is 0 Å². The standard InChI is InChI=1S/C17H18N2.C2H6/c1-13-4-3-5-16(7-6-13)17(12-18)14(2)15-8-10-19-11-9-15;1-2/h3,5,7-11,13,17H,2,4,6H2,1H3;1-2H3. The van der Waals surface area contributed by atoms with Crippen LogP contribution in [0.15, 0.2) is 54.9 Å². The molecule has 2 unspecified atom stereocenters. The molecule has 0 spiro atoms. The van der Waals surface area contributed by atoms with E-state index in [1.807, 2.05) is 26.0 Å². The van der Waals surface area contributed by atoms with Crippen molar-refractivity contribution in [2.24, 2.45) is 11.8 Å². The van der Waals surface area contributed by atoms with E-state index in [0.717, 1.165) is 29.6 Å². The number of nitrogens with zero attached hydrogens (tertiary/aromatic N) is 2. The van der Waals surface area contributed by atoms with Crippen molar-refractivity contribution in [2.75, 3.05) is 0 Å². The third-order valence-corrected chi connectivity index (χ3v) is 3.47. The lowest BCUT2D eigenvalue weighted by Crippen LogP contribution is -2.03. The van der Waals surface area contributed by atoms with Gasteiger partial charge in [-0.1, -0.05) is 45.6 Å². The molecule has 21 heavy (non-hydrogen) atoms. The molecule has 110 valence electrons. The lowest BCUT2D eigenvalue weighted by atomic mass is 9.88. The third-order valence-electron chi connectivity index (χ3n) is 3.47. The second-order valence-corrected chi connectivity index (χ2v) is 5.01. The predicted octanol–water partition coefficient (Wildman–Crippen LogP) is 5.17. The topological polar surface area (TPSA) is 36.7 Å². The van der Waals surface area contributed by atoms with Crippen LogP contribution in [-0.2, 0) is 0 Å². The van der Waals surface area contributed by atoms with Crippen LogP contribution in [0, 0.1) is 23.2 Å². The maximum Gasteiger partial charge on any atom is 0.0959 e. The van der Waals surface area contributed by atoms with Gasteiger partial charge < -0.3 is 0 Å². The smallest absolute Gasteiger partial charge is 0.0959 e. The SMILES string of the molecule is C=C(c1ccncc1)C(C#N)C1=CCC(C)CC=C1.CC. The van der Waals surface area contributed by atoms with E-state index in [0.29, 0.717) is 5.92 Å². The molecule has 1 aromatic heterocycles. The zero-order valence-electron chi connectivity index (χ0n) is 13.2. The highest BCUT2D eigenvalue weighted by molar-refractivity contribution is 5.70. The van der Waals surface area contributed by atoms with E-state index in [4.69, 9.17) is 0 Å². The number of pyridine rings is 1. The maximum atomic E-state index is 9.47. The van der Waals surface area contributed by atoms with Crippen molar-refractivity contribution in [3.05, 3.63) is 60.5 Å². The molecule has 0 bridgehead atoms. The molecule has 1 aliphatic rings. The van der Waals surface area contributed by atoms with Gasteiger partial charge in [-0.25, -0.2) is 0 Å². The average Bonchev–Trinajstić information content (AvgIpc) is 2.76. The summed E-state index contributed by atoms with van der Waals surface area (Å²) in [5, 5.41) is 9.47. The van der Waals surface area contributed by atoms with Gasteiger partial charge in [0.1, 0.15) is 0 Å². The van der Waals surface area contributed by atoms with Crippen molar-refractivity contribution in [2.45, 2.75) is 33.6 Å². The molecule has 1 aromatic rings. The van der Waals surface area contributed by atoms with Crippen molar-refractivity contribution in [1.82, 2.24) is 4.98 Å². The van der Waals surface area contributed by atoms with E-state index in [2.05, 4.69) is 42.8 Å². The molecule has 1 heterocycles. The van der Waals surface area contributed by atoms with Gasteiger partial charge in [-0.3, -0.25) is 4.98 Å². The molecule has 2 heteroatoms. The highest BCUT2D eigenvalue weighted by Gasteiger charge is 2.18. The van der Waals surface area contributed by atoms with E-state index in [-0.39, 0.29) is 5.92 Å². The Kier molecular flexibility index (Phi) is 7.18. The van der Waals surface area contributed by atoms with Crippen LogP contribution in [0.5, 0.6) is 0 Å². The van der Waals surface area contributed by atoms with Crippen LogP contribution in [0.1, 0.15) is 39.2 Å². The molecule has 0 saturated heterocycles. The minimum atomic E-state index is -0.274. The van der Waals surface area contributed by atoms with Crippen LogP contribution in [-0.4, -0.2) is 4.98 Å². The highest BCUT2D eigenvalue weighted by Crippen LogP contribution is 2.30. The lowest BCUT2D eigenvalue weighted by Gasteiger charge is -2.14. The van der Waals surface area contributed by atoms with Crippen LogP contribution < -0.4 is 0 Å². The van der Waals surface area contributed by atoms with E-state index in [1.165, 1.54) is 0 Å². The molecule has 0 amide bonds. The largest absolute Gasteiger partial charge is 0.265 e. The van der Waals surface area contributed by atoms with Gasteiger partial charge in [0.25, 0.3) is 0 Å². The molecule has 2 atom stereocenters. The molecular formula is C19H24N2. The molecule has 0 N–H and O–H groups in total. The van der Waals surface area contributed by atoms with Gasteiger partial charge in [0, 0.05) is 12.4 Å². The summed E-state index contributed by atoms with van der Waals surface area (Å²) in [6.45, 7) is 10.3. The number of hydrogen-bond donors (Lipinski definition) is 0. The fourth-order valence-electron chi connectivity index (χ4n) is 2.24. The Hall–Kier alpha value is -2.14. The zero-order valence-corrected chi connectivity index (χ0v) is 13.2. The molecule has 0 aliphatic heterocycles. The van der Waals surface area contributed by atoms with Gasteiger partial charge in [0.15, 0.2) is 0 Å². The Morgan fingerprint density at radius 1 is 1.33 bits per heavy atom. The molecule has 0 saturated carbocycles. The van der Waals surface area contributed by atoms with E-state index in [1.54, 1.807) is 12.4 Å². The van der Waals surface area contributed by atoms with Gasteiger partial charge in [-0.2, -0.15) is 5.26 Å². The van der Waals surface area contributed by atoms with Gasteiger partial charge in [0.2, 0.25) is 0 Å². The number of nitriles is 1. The summed E-state index contributed by atoms with van der Waals surface area (Å²) in [4.78, 5) is 4.00. The zero-order chi connectivity index (χ0) is 15.7. The quantitative estimate of drug-likeness (QED) is 0.765. The molecule has 0 aromatic carbocycles. The average molecular weight is 280 g/mol. The maximum absolute atomic E-state index is 9.47. The summed E-state index contributed by atoms with van der Waals surface area (Å²) < 4.78 is 0. The first-order valence-electron chi connectivity index (χ1n) is 7.57. The van der Waals surface area contributed by atoms with Crippen molar-refractivity contribution in [3.8, 4) is 6.07 Å². The minimum absolute atomic E-state index is 0.274. The van der Waals surface area contributed by atoms with E-state index in [9.17, 15) is 5.26 Å². The van der Waals surface area contributed by atoms with Crippen molar-refractivity contribution in [3.63, 3.8) is 0 Å². The van der Waals surface area contributed by atoms with Gasteiger partial charge in [-0.05, 0) is 47.6 Å². The number of aromatic nitrogens is 1. The first-order valence-corrected chi connectivity index (χ1v) is 7.57. The van der Waals surface area contributed by atoms with Crippen LogP contribution in [0.3, 0.4) is 0 Å². The Morgan fingerprint density at radius 2 is 2.00 bits per heavy atom. The molecule has 0 fully saturated rings. The van der Waals surface area contributed by atoms with E-state index < -0.39 is 0 Å². The summed E-state index contributed by atoms with van der Waals surface area (Å²) in [7, 11) is 0. The summed E-state index contributed by atoms with van der Waals surface area (Å²) in [6, 6.07) is 6.17. The third kappa shape index (κ3) is 4.72. The fraction of sp³-hybridized carbons (Fsp3) is 0.368. The number of hydrogen-bond acceptors (Lipinski definition) is 2. The number of rotatable bonds is 3. The normalized spacial score (nSPS) is 18.4. The molecule has 1 aliphatic carbocycles. The number of allylic oxidation sites excluding steroid dienone is 5. The molecule has 2 rings (SSSR count). The van der Waals surface area contributed by atoms with Crippen LogP contribution in [0.4, 0.5) is 0 Å². The van der Waals surface area contributed by atoms with Crippen LogP contribution in [0.2, 0.25) is 0 Å². The first kappa shape index (κ1) is 16.9. The van der Waals surface area contributed by atoms with Crippen molar-refractivity contribution < 1.29 is 0 Å². The minimum Gasteiger partial charge on any atom is -0.265 e. The second kappa shape index (κ2) is 8.92. The summed E-state index contributed by atoms with van der Waals surface area (Å²) >= 11 is 0. The van der Waals surface area contributed by atoms with Crippen LogP contribution in [0.25, 0.3) is 5.57 Å². The Morgan fingerprint density at radius 3 is 2.62 bits per heavy atom. The summed E-state index contributed by atoms with van der Waals surface area (Å²) in [5.74, 6) is 0.367. The first-order chi connectivity index (χ1) is 10.2. The van der Waals surface area contributed by atoms with Gasteiger partial charge >= 0.3 is 0 Å². The van der Waals surface area contributed by atoms with Gasteiger partial charge in [0.05, 0.1) is 12.0 Å². The molecule has 2 nitrogen and oxygen atoms in total. The van der Waals surface area contributed by atoms with Crippen molar-refractivity contribution >= 4 is 5.57 Å². The van der Waals surface area contributed by atoms with Crippen LogP contribution >= 0.6 is 0 Å². The summed E-state index contributed by atoms with van der Waals surface area (Å²) in [5.41, 5.74) is 2.89. The summed E-state index contributed by atoms with van der Waals surface area (Å²) in [6.07, 6.45) is 12.0. The Balaban J connectivity index is 0.00000106. The predicted molar refractivity (Wildman–Crippen MR) is 89.3 cm³/mol. The van der Waals surface area contributed by atoms with E-state index >= 15 is 0 Å². The lowest BCUT2D eigenvalue weighted by molar-refractivity contribution is 0.605. The second-order valence-electron chi connectivity index (χ2n) is 5.01. The van der Waals surface area contributed by atoms with Crippen molar-refractivity contribution in [1.29, 1.82) is 5.26 Å². The molecular weight excluding hydrogens is 256 g/mol. The Bertz CT molecular complexity index is 547.